The summed E-state index contributed by atoms with van der Waals surface area (Å²) >= 11 is 0. The van der Waals surface area contributed by atoms with Gasteiger partial charge in [-0.3, -0.25) is 14.9 Å². The smallest absolute Gasteiger partial charge is 0.291 e. The van der Waals surface area contributed by atoms with Gasteiger partial charge in [-0.25, -0.2) is 4.68 Å². The van der Waals surface area contributed by atoms with Crippen molar-refractivity contribution >= 4 is 16.6 Å². The molecule has 2 aromatic heterocycles. The Morgan fingerprint density at radius 1 is 1.14 bits per heavy atom. The van der Waals surface area contributed by atoms with Gasteiger partial charge in [0.15, 0.2) is 0 Å². The molecule has 8 heteroatoms. The third-order valence-electron chi connectivity index (χ3n) is 4.71. The van der Waals surface area contributed by atoms with E-state index in [0.29, 0.717) is 40.2 Å². The number of hydrogen-bond donors (Lipinski definition) is 0. The molecule has 2 aromatic carbocycles. The summed E-state index contributed by atoms with van der Waals surface area (Å²) in [6.45, 7) is 2.56. The van der Waals surface area contributed by atoms with Crippen LogP contribution < -0.4 is 10.3 Å². The van der Waals surface area contributed by atoms with Crippen LogP contribution in [0.15, 0.2) is 65.6 Å². The number of hydrogen-bond acceptors (Lipinski definition) is 5. The molecule has 4 aromatic rings. The van der Waals surface area contributed by atoms with E-state index in [1.165, 1.54) is 16.8 Å². The molecule has 0 spiro atoms. The van der Waals surface area contributed by atoms with Crippen molar-refractivity contribution < 1.29 is 9.66 Å². The number of aryl methyl sites for hydroxylation is 2. The number of nitro benzene ring substituents is 1. The number of non-ortho nitro benzene ring substituents is 1. The molecule has 0 unspecified atom stereocenters. The minimum Gasteiger partial charge on any atom is -0.457 e. The van der Waals surface area contributed by atoms with Crippen molar-refractivity contribution in [2.75, 3.05) is 0 Å². The van der Waals surface area contributed by atoms with E-state index in [1.54, 1.807) is 31.3 Å². The summed E-state index contributed by atoms with van der Waals surface area (Å²) in [4.78, 5) is 23.6. The maximum Gasteiger partial charge on any atom is 0.291 e. The summed E-state index contributed by atoms with van der Waals surface area (Å²) in [7, 11) is 1.56. The third-order valence-corrected chi connectivity index (χ3v) is 4.71. The Hall–Kier alpha value is -3.94. The average Bonchev–Trinajstić information content (AvgIpc) is 3.16. The largest absolute Gasteiger partial charge is 0.457 e. The number of nitrogens with zero attached hydrogens (tertiary/aromatic N) is 4. The van der Waals surface area contributed by atoms with E-state index in [2.05, 4.69) is 5.10 Å². The molecule has 0 N–H and O–H groups in total. The third kappa shape index (κ3) is 3.25. The lowest BCUT2D eigenvalue weighted by Gasteiger charge is -2.13. The fraction of sp³-hybridized carbons (Fsp3) is 0.143. The van der Waals surface area contributed by atoms with Gasteiger partial charge in [-0.15, -0.1) is 0 Å². The standard InChI is InChI=1S/C21H18N4O4/c1-3-24-12-11-16-19(22-23(2)21(26)20(16)24)17-13-14(25(27)28)9-10-18(17)29-15-7-5-4-6-8-15/h4-13H,3H2,1-2H3. The molecule has 0 radical (unpaired) electrons. The molecule has 0 aliphatic heterocycles. The topological polar surface area (TPSA) is 92.2 Å². The van der Waals surface area contributed by atoms with Gasteiger partial charge in [-0.1, -0.05) is 18.2 Å². The lowest BCUT2D eigenvalue weighted by molar-refractivity contribution is -0.384. The van der Waals surface area contributed by atoms with Crippen LogP contribution in [-0.2, 0) is 13.6 Å². The molecule has 0 saturated carbocycles. The van der Waals surface area contributed by atoms with Gasteiger partial charge in [0.2, 0.25) is 0 Å². The number of rotatable bonds is 5. The molecule has 0 atom stereocenters. The van der Waals surface area contributed by atoms with E-state index in [9.17, 15) is 14.9 Å². The van der Waals surface area contributed by atoms with Crippen molar-refractivity contribution in [2.45, 2.75) is 13.5 Å². The van der Waals surface area contributed by atoms with Gasteiger partial charge >= 0.3 is 0 Å². The van der Waals surface area contributed by atoms with Crippen molar-refractivity contribution in [1.82, 2.24) is 14.3 Å². The summed E-state index contributed by atoms with van der Waals surface area (Å²) in [5.74, 6) is 1.01. The van der Waals surface area contributed by atoms with Gasteiger partial charge in [-0.05, 0) is 31.2 Å². The van der Waals surface area contributed by atoms with E-state index in [4.69, 9.17) is 4.74 Å². The molecule has 2 heterocycles. The van der Waals surface area contributed by atoms with Gasteiger partial charge in [0.25, 0.3) is 11.2 Å². The van der Waals surface area contributed by atoms with E-state index in [-0.39, 0.29) is 11.2 Å². The summed E-state index contributed by atoms with van der Waals surface area (Å²) in [5, 5.41) is 16.4. The Bertz CT molecular complexity index is 1280. The first-order valence-corrected chi connectivity index (χ1v) is 9.07. The minimum absolute atomic E-state index is 0.0841. The Labute approximate surface area is 165 Å². The van der Waals surface area contributed by atoms with E-state index >= 15 is 0 Å². The molecule has 29 heavy (non-hydrogen) atoms. The molecular formula is C21H18N4O4. The van der Waals surface area contributed by atoms with Crippen molar-refractivity contribution in [1.29, 1.82) is 0 Å². The van der Waals surface area contributed by atoms with Crippen LogP contribution in [0.3, 0.4) is 0 Å². The highest BCUT2D eigenvalue weighted by Crippen LogP contribution is 2.37. The van der Waals surface area contributed by atoms with Crippen molar-refractivity contribution in [3.63, 3.8) is 0 Å². The Kier molecular flexibility index (Phi) is 4.59. The molecule has 0 fully saturated rings. The zero-order valence-electron chi connectivity index (χ0n) is 15.9. The molecular weight excluding hydrogens is 372 g/mol. The van der Waals surface area contributed by atoms with Crippen LogP contribution in [0.2, 0.25) is 0 Å². The monoisotopic (exact) mass is 390 g/mol. The van der Waals surface area contributed by atoms with Crippen LogP contribution in [0.25, 0.3) is 22.2 Å². The fourth-order valence-corrected chi connectivity index (χ4v) is 3.29. The number of para-hydroxylation sites is 1. The van der Waals surface area contributed by atoms with Crippen molar-refractivity contribution in [3.8, 4) is 22.8 Å². The Morgan fingerprint density at radius 2 is 1.90 bits per heavy atom. The molecule has 146 valence electrons. The average molecular weight is 390 g/mol. The highest BCUT2D eigenvalue weighted by molar-refractivity contribution is 5.94. The number of fused-ring (bicyclic) bond motifs is 1. The summed E-state index contributed by atoms with van der Waals surface area (Å²) < 4.78 is 9.07. The molecule has 8 nitrogen and oxygen atoms in total. The van der Waals surface area contributed by atoms with Crippen LogP contribution in [0.5, 0.6) is 11.5 Å². The van der Waals surface area contributed by atoms with E-state index < -0.39 is 4.92 Å². The van der Waals surface area contributed by atoms with Gasteiger partial charge < -0.3 is 9.30 Å². The predicted molar refractivity (Wildman–Crippen MR) is 109 cm³/mol. The second-order valence-electron chi connectivity index (χ2n) is 6.49. The second-order valence-corrected chi connectivity index (χ2v) is 6.49. The Morgan fingerprint density at radius 3 is 2.59 bits per heavy atom. The SMILES string of the molecule is CCn1ccc2c(-c3cc([N+](=O)[O-])ccc3Oc3ccccc3)nn(C)c(=O)c21. The fourth-order valence-electron chi connectivity index (χ4n) is 3.29. The summed E-state index contributed by atoms with van der Waals surface area (Å²) in [6.07, 6.45) is 1.81. The molecule has 0 saturated heterocycles. The normalized spacial score (nSPS) is 11.0. The molecule has 0 aliphatic carbocycles. The maximum absolute atomic E-state index is 12.6. The Balaban J connectivity index is 1.99. The van der Waals surface area contributed by atoms with Crippen LogP contribution in [-0.4, -0.2) is 19.3 Å². The maximum atomic E-state index is 12.6. The lowest BCUT2D eigenvalue weighted by atomic mass is 10.1. The number of ether oxygens (including phenoxy) is 1. The van der Waals surface area contributed by atoms with Crippen LogP contribution >= 0.6 is 0 Å². The number of benzene rings is 2. The first kappa shape index (κ1) is 18.4. The van der Waals surface area contributed by atoms with E-state index in [1.807, 2.05) is 35.9 Å². The quantitative estimate of drug-likeness (QED) is 0.377. The van der Waals surface area contributed by atoms with E-state index in [0.717, 1.165) is 0 Å². The van der Waals surface area contributed by atoms with Gasteiger partial charge in [0, 0.05) is 37.3 Å². The predicted octanol–water partition coefficient (Wildman–Crippen LogP) is 4.12. The molecule has 4 rings (SSSR count). The first-order chi connectivity index (χ1) is 14.0. The zero-order valence-corrected chi connectivity index (χ0v) is 15.9. The molecule has 0 bridgehead atoms. The minimum atomic E-state index is -0.466. The van der Waals surface area contributed by atoms with Crippen LogP contribution in [0, 0.1) is 10.1 Å². The van der Waals surface area contributed by atoms with Gasteiger partial charge in [-0.2, -0.15) is 5.10 Å². The zero-order chi connectivity index (χ0) is 20.5. The second kappa shape index (κ2) is 7.23. The number of nitro groups is 1. The highest BCUT2D eigenvalue weighted by Gasteiger charge is 2.20. The van der Waals surface area contributed by atoms with Gasteiger partial charge in [0.1, 0.15) is 22.7 Å². The molecule has 0 amide bonds. The summed E-state index contributed by atoms with van der Waals surface area (Å²) in [5.41, 5.74) is 1.07. The van der Waals surface area contributed by atoms with Crippen molar-refractivity contribution in [2.24, 2.45) is 7.05 Å². The van der Waals surface area contributed by atoms with Crippen LogP contribution in [0.4, 0.5) is 5.69 Å². The number of aromatic nitrogens is 3. The van der Waals surface area contributed by atoms with Gasteiger partial charge in [0.05, 0.1) is 10.5 Å². The first-order valence-electron chi connectivity index (χ1n) is 9.07. The summed E-state index contributed by atoms with van der Waals surface area (Å²) in [6, 6.07) is 15.3. The van der Waals surface area contributed by atoms with Crippen molar-refractivity contribution in [3.05, 3.63) is 81.3 Å². The lowest BCUT2D eigenvalue weighted by Crippen LogP contribution is -2.22. The highest BCUT2D eigenvalue weighted by atomic mass is 16.6. The van der Waals surface area contributed by atoms with Crippen LogP contribution in [0.1, 0.15) is 6.92 Å². The molecule has 0 aliphatic rings.